The third-order valence-electron chi connectivity index (χ3n) is 5.52. The topological polar surface area (TPSA) is 49.9 Å². The van der Waals surface area contributed by atoms with Gasteiger partial charge in [0.15, 0.2) is 0 Å². The zero-order valence-electron chi connectivity index (χ0n) is 17.9. The summed E-state index contributed by atoms with van der Waals surface area (Å²) in [6, 6.07) is 7.16. The van der Waals surface area contributed by atoms with Crippen LogP contribution < -0.4 is 0 Å². The lowest BCUT2D eigenvalue weighted by Gasteiger charge is -2.38. The summed E-state index contributed by atoms with van der Waals surface area (Å²) in [5.74, 6) is -0.255. The molecule has 0 aliphatic carbocycles. The van der Waals surface area contributed by atoms with Gasteiger partial charge in [0.1, 0.15) is 6.61 Å². The van der Waals surface area contributed by atoms with Gasteiger partial charge in [-0.2, -0.15) is 0 Å². The van der Waals surface area contributed by atoms with Crippen molar-refractivity contribution in [3.8, 4) is 0 Å². The Morgan fingerprint density at radius 3 is 2.74 bits per heavy atom. The predicted octanol–water partition coefficient (Wildman–Crippen LogP) is 5.19. The molecule has 1 unspecified atom stereocenters. The maximum atomic E-state index is 13.5. The van der Waals surface area contributed by atoms with Crippen LogP contribution in [0.4, 0.5) is 0 Å². The Hall–Kier alpha value is -1.60. The first-order valence-electron chi connectivity index (χ1n) is 10.5. The van der Waals surface area contributed by atoms with E-state index in [0.717, 1.165) is 36.8 Å². The lowest BCUT2D eigenvalue weighted by molar-refractivity contribution is -0.143. The molecule has 0 spiro atoms. The van der Waals surface area contributed by atoms with E-state index in [4.69, 9.17) is 27.9 Å². The van der Waals surface area contributed by atoms with Crippen molar-refractivity contribution in [1.82, 2.24) is 9.80 Å². The minimum Gasteiger partial charge on any atom is -0.375 e. The molecule has 2 amide bonds. The van der Waals surface area contributed by atoms with E-state index >= 15 is 0 Å². The Kier molecular flexibility index (Phi) is 8.78. The standard InChI is InChI=1S/C23H28Cl2N2O3S/c1-3-4-5-10-26(22(29)15-30-2)14-21(28)27-11-8-20-18(9-12-31-20)23(27)17-7-6-16(24)13-19(17)25/h6-7,9,12-13,23H,3-5,8,10-11,14-15H2,1-2H3. The molecule has 0 saturated carbocycles. The Morgan fingerprint density at radius 2 is 2.03 bits per heavy atom. The maximum Gasteiger partial charge on any atom is 0.249 e. The highest BCUT2D eigenvalue weighted by molar-refractivity contribution is 7.10. The van der Waals surface area contributed by atoms with Gasteiger partial charge in [-0.15, -0.1) is 11.3 Å². The normalized spacial score (nSPS) is 15.6. The first-order chi connectivity index (χ1) is 15.0. The van der Waals surface area contributed by atoms with Crippen LogP contribution in [0.25, 0.3) is 0 Å². The van der Waals surface area contributed by atoms with Crippen molar-refractivity contribution in [3.63, 3.8) is 0 Å². The first kappa shape index (κ1) is 24.1. The highest BCUT2D eigenvalue weighted by atomic mass is 35.5. The number of unbranched alkanes of at least 4 members (excludes halogenated alkanes) is 2. The molecule has 2 heterocycles. The maximum absolute atomic E-state index is 13.5. The number of nitrogens with zero attached hydrogens (tertiary/aromatic N) is 2. The van der Waals surface area contributed by atoms with Crippen LogP contribution >= 0.6 is 34.5 Å². The summed E-state index contributed by atoms with van der Waals surface area (Å²) in [6.07, 6.45) is 3.71. The second-order valence-electron chi connectivity index (χ2n) is 7.66. The molecular formula is C23H28Cl2N2O3S. The minimum atomic E-state index is -0.290. The van der Waals surface area contributed by atoms with Crippen molar-refractivity contribution in [2.75, 3.05) is 33.4 Å². The summed E-state index contributed by atoms with van der Waals surface area (Å²) < 4.78 is 5.03. The van der Waals surface area contributed by atoms with Gasteiger partial charge in [-0.3, -0.25) is 9.59 Å². The largest absolute Gasteiger partial charge is 0.375 e. The second-order valence-corrected chi connectivity index (χ2v) is 9.50. The molecule has 2 aromatic rings. The molecule has 1 aliphatic heterocycles. The SMILES string of the molecule is CCCCCN(CC(=O)N1CCc2sccc2C1c1ccc(Cl)cc1Cl)C(=O)COC. The zero-order valence-corrected chi connectivity index (χ0v) is 20.2. The molecular weight excluding hydrogens is 455 g/mol. The molecule has 1 atom stereocenters. The molecule has 1 aromatic heterocycles. The summed E-state index contributed by atoms with van der Waals surface area (Å²) in [5.41, 5.74) is 1.94. The smallest absolute Gasteiger partial charge is 0.249 e. The third kappa shape index (κ3) is 5.80. The highest BCUT2D eigenvalue weighted by Crippen LogP contribution is 2.41. The second kappa shape index (κ2) is 11.3. The van der Waals surface area contributed by atoms with Crippen molar-refractivity contribution in [3.05, 3.63) is 55.7 Å². The lowest BCUT2D eigenvalue weighted by atomic mass is 9.93. The van der Waals surface area contributed by atoms with E-state index in [9.17, 15) is 9.59 Å². The van der Waals surface area contributed by atoms with Crippen molar-refractivity contribution < 1.29 is 14.3 Å². The Morgan fingerprint density at radius 1 is 1.23 bits per heavy atom. The van der Waals surface area contributed by atoms with Crippen LogP contribution in [0, 0.1) is 0 Å². The van der Waals surface area contributed by atoms with Crippen molar-refractivity contribution >= 4 is 46.4 Å². The number of amides is 2. The highest BCUT2D eigenvalue weighted by Gasteiger charge is 2.35. The zero-order chi connectivity index (χ0) is 22.4. The number of carbonyl (C=O) groups excluding carboxylic acids is 2. The minimum absolute atomic E-state index is 0.0273. The van der Waals surface area contributed by atoms with E-state index in [1.807, 2.05) is 11.0 Å². The summed E-state index contributed by atoms with van der Waals surface area (Å²) in [5, 5.41) is 3.14. The van der Waals surface area contributed by atoms with Crippen LogP contribution in [0.5, 0.6) is 0 Å². The number of halogens is 2. The summed E-state index contributed by atoms with van der Waals surface area (Å²) in [4.78, 5) is 30.7. The quantitative estimate of drug-likeness (QED) is 0.461. The van der Waals surface area contributed by atoms with Crippen LogP contribution in [-0.4, -0.2) is 55.0 Å². The molecule has 0 saturated heterocycles. The Bertz CT molecular complexity index is 918. The van der Waals surface area contributed by atoms with Crippen LogP contribution in [0.15, 0.2) is 29.6 Å². The molecule has 1 aliphatic rings. The van der Waals surface area contributed by atoms with Crippen LogP contribution in [-0.2, 0) is 20.7 Å². The lowest BCUT2D eigenvalue weighted by Crippen LogP contribution is -2.47. The van der Waals surface area contributed by atoms with Crippen molar-refractivity contribution in [1.29, 1.82) is 0 Å². The summed E-state index contributed by atoms with van der Waals surface area (Å²) >= 11 is 14.4. The van der Waals surface area contributed by atoms with Crippen LogP contribution in [0.3, 0.4) is 0 Å². The number of thiophene rings is 1. The fourth-order valence-corrected chi connectivity index (χ4v) is 5.37. The number of methoxy groups -OCH3 is 1. The van der Waals surface area contributed by atoms with Gasteiger partial charge in [-0.05, 0) is 47.5 Å². The van der Waals surface area contributed by atoms with E-state index in [2.05, 4.69) is 18.4 Å². The summed E-state index contributed by atoms with van der Waals surface area (Å²) in [6.45, 7) is 3.25. The van der Waals surface area contributed by atoms with Gasteiger partial charge in [0, 0.05) is 35.1 Å². The molecule has 8 heteroatoms. The number of hydrogen-bond donors (Lipinski definition) is 0. The van der Waals surface area contributed by atoms with Gasteiger partial charge in [0.25, 0.3) is 0 Å². The van der Waals surface area contributed by atoms with E-state index < -0.39 is 0 Å². The Balaban J connectivity index is 1.87. The molecule has 0 bridgehead atoms. The number of carbonyl (C=O) groups is 2. The van der Waals surface area contributed by atoms with Gasteiger partial charge in [0.05, 0.1) is 12.6 Å². The number of hydrogen-bond acceptors (Lipinski definition) is 4. The average Bonchev–Trinajstić information content (AvgIpc) is 3.22. The van der Waals surface area contributed by atoms with Crippen LogP contribution in [0.1, 0.15) is 48.2 Å². The van der Waals surface area contributed by atoms with Gasteiger partial charge >= 0.3 is 0 Å². The monoisotopic (exact) mass is 482 g/mol. The average molecular weight is 483 g/mol. The molecule has 0 N–H and O–H groups in total. The number of ether oxygens (including phenoxy) is 1. The van der Waals surface area contributed by atoms with E-state index in [0.29, 0.717) is 23.1 Å². The molecule has 31 heavy (non-hydrogen) atoms. The number of rotatable bonds is 9. The molecule has 0 fully saturated rings. The predicted molar refractivity (Wildman–Crippen MR) is 126 cm³/mol. The molecule has 5 nitrogen and oxygen atoms in total. The summed E-state index contributed by atoms with van der Waals surface area (Å²) in [7, 11) is 1.49. The molecule has 3 rings (SSSR count). The fraction of sp³-hybridized carbons (Fsp3) is 0.478. The Labute approximate surface area is 197 Å². The number of benzene rings is 1. The van der Waals surface area contributed by atoms with Crippen molar-refractivity contribution in [2.45, 2.75) is 38.6 Å². The van der Waals surface area contributed by atoms with Gasteiger partial charge in [-0.25, -0.2) is 0 Å². The van der Waals surface area contributed by atoms with E-state index in [1.54, 1.807) is 28.4 Å². The molecule has 168 valence electrons. The van der Waals surface area contributed by atoms with Gasteiger partial charge < -0.3 is 14.5 Å². The number of fused-ring (bicyclic) bond motifs is 1. The van der Waals surface area contributed by atoms with E-state index in [-0.39, 0.29) is 31.0 Å². The van der Waals surface area contributed by atoms with Crippen LogP contribution in [0.2, 0.25) is 10.0 Å². The fourth-order valence-electron chi connectivity index (χ4n) is 3.96. The van der Waals surface area contributed by atoms with Gasteiger partial charge in [0.2, 0.25) is 11.8 Å². The molecule has 1 aromatic carbocycles. The van der Waals surface area contributed by atoms with Crippen molar-refractivity contribution in [2.24, 2.45) is 0 Å². The van der Waals surface area contributed by atoms with Gasteiger partial charge in [-0.1, -0.05) is 49.0 Å². The van der Waals surface area contributed by atoms with E-state index in [1.165, 1.54) is 12.0 Å². The first-order valence-corrected chi connectivity index (χ1v) is 12.2. The molecule has 0 radical (unpaired) electrons. The third-order valence-corrected chi connectivity index (χ3v) is 7.08.